The Morgan fingerprint density at radius 1 is 1.28 bits per heavy atom. The fourth-order valence-electron chi connectivity index (χ4n) is 2.28. The van der Waals surface area contributed by atoms with Crippen LogP contribution in [0.15, 0.2) is 35.1 Å². The van der Waals surface area contributed by atoms with Gasteiger partial charge in [0.25, 0.3) is 0 Å². The third-order valence-corrected chi connectivity index (χ3v) is 5.73. The lowest BCUT2D eigenvalue weighted by molar-refractivity contribution is 0.588. The standard InChI is InChI=1S/C15H15BrClN6OP/c1-23-19-8-12(22-23)9-4-5-11(13(6-9)25(2,3)24)20-14-10(16)7-18-15(17)21-14/h4-8H,1-3H3,(H,18,20,21). The molecule has 0 unspecified atom stereocenters. The van der Waals surface area contributed by atoms with E-state index in [0.29, 0.717) is 21.3 Å². The summed E-state index contributed by atoms with van der Waals surface area (Å²) in [5.41, 5.74) is 2.25. The van der Waals surface area contributed by atoms with Crippen molar-refractivity contribution in [2.75, 3.05) is 18.6 Å². The molecule has 0 aliphatic heterocycles. The van der Waals surface area contributed by atoms with E-state index in [4.69, 9.17) is 11.6 Å². The van der Waals surface area contributed by atoms with Gasteiger partial charge in [-0.3, -0.25) is 0 Å². The summed E-state index contributed by atoms with van der Waals surface area (Å²) < 4.78 is 13.5. The number of nitrogens with one attached hydrogen (secondary N) is 1. The molecule has 0 radical (unpaired) electrons. The van der Waals surface area contributed by atoms with Crippen LogP contribution in [0.5, 0.6) is 0 Å². The van der Waals surface area contributed by atoms with Crippen molar-refractivity contribution in [3.05, 3.63) is 40.3 Å². The first-order valence-corrected chi connectivity index (χ1v) is 11.0. The number of halogens is 2. The summed E-state index contributed by atoms with van der Waals surface area (Å²) in [6.45, 7) is 3.44. The Morgan fingerprint density at radius 2 is 2.04 bits per heavy atom. The van der Waals surface area contributed by atoms with E-state index in [-0.39, 0.29) is 5.28 Å². The maximum atomic E-state index is 12.8. The highest BCUT2D eigenvalue weighted by Gasteiger charge is 2.19. The van der Waals surface area contributed by atoms with Gasteiger partial charge < -0.3 is 9.88 Å². The Balaban J connectivity index is 2.07. The molecule has 7 nitrogen and oxygen atoms in total. The van der Waals surface area contributed by atoms with Crippen LogP contribution in [-0.4, -0.2) is 38.3 Å². The lowest BCUT2D eigenvalue weighted by atomic mass is 10.1. The molecule has 0 aliphatic carbocycles. The second-order valence-corrected chi connectivity index (χ2v) is 10.1. The predicted octanol–water partition coefficient (Wildman–Crippen LogP) is 3.68. The number of hydrogen-bond donors (Lipinski definition) is 1. The van der Waals surface area contributed by atoms with Crippen LogP contribution >= 0.6 is 34.7 Å². The molecule has 0 bridgehead atoms. The Labute approximate surface area is 158 Å². The maximum absolute atomic E-state index is 12.8. The molecule has 2 heterocycles. The molecule has 2 aromatic heterocycles. The van der Waals surface area contributed by atoms with E-state index in [1.165, 1.54) is 4.80 Å². The smallest absolute Gasteiger partial charge is 0.224 e. The summed E-state index contributed by atoms with van der Waals surface area (Å²) in [5, 5.41) is 12.4. The van der Waals surface area contributed by atoms with Crippen LogP contribution in [0.1, 0.15) is 0 Å². The highest BCUT2D eigenvalue weighted by Crippen LogP contribution is 2.40. The molecule has 1 N–H and O–H groups in total. The quantitative estimate of drug-likeness (QED) is 0.491. The first-order valence-electron chi connectivity index (χ1n) is 7.25. The number of anilines is 2. The molecule has 3 rings (SSSR count). The molecule has 0 amide bonds. The van der Waals surface area contributed by atoms with Crippen LogP contribution in [0.3, 0.4) is 0 Å². The largest absolute Gasteiger partial charge is 0.339 e. The maximum Gasteiger partial charge on any atom is 0.224 e. The SMILES string of the molecule is Cn1ncc(-c2ccc(Nc3nc(Cl)ncc3Br)c(P(C)(C)=O)c2)n1. The summed E-state index contributed by atoms with van der Waals surface area (Å²) in [5.74, 6) is 0.502. The van der Waals surface area contributed by atoms with Crippen molar-refractivity contribution < 1.29 is 4.57 Å². The molecule has 3 aromatic rings. The third kappa shape index (κ3) is 4.08. The van der Waals surface area contributed by atoms with Crippen molar-refractivity contribution >= 4 is 51.5 Å². The van der Waals surface area contributed by atoms with Crippen LogP contribution in [0, 0.1) is 0 Å². The molecule has 0 spiro atoms. The van der Waals surface area contributed by atoms with Crippen LogP contribution in [0.4, 0.5) is 11.5 Å². The van der Waals surface area contributed by atoms with Crippen molar-refractivity contribution in [1.82, 2.24) is 25.0 Å². The van der Waals surface area contributed by atoms with E-state index in [1.54, 1.807) is 32.8 Å². The summed E-state index contributed by atoms with van der Waals surface area (Å²) in [6, 6.07) is 5.60. The van der Waals surface area contributed by atoms with Gasteiger partial charge in [-0.2, -0.15) is 20.0 Å². The average Bonchev–Trinajstić information content (AvgIpc) is 2.97. The predicted molar refractivity (Wildman–Crippen MR) is 104 cm³/mol. The van der Waals surface area contributed by atoms with Gasteiger partial charge in [0, 0.05) is 24.1 Å². The van der Waals surface area contributed by atoms with Crippen LogP contribution < -0.4 is 10.6 Å². The summed E-state index contributed by atoms with van der Waals surface area (Å²) >= 11 is 9.25. The van der Waals surface area contributed by atoms with Crippen molar-refractivity contribution in [3.63, 3.8) is 0 Å². The number of benzene rings is 1. The lowest BCUT2D eigenvalue weighted by Crippen LogP contribution is -2.11. The number of aromatic nitrogens is 5. The molecular weight excluding hydrogens is 427 g/mol. The second kappa shape index (κ2) is 6.86. The Hall–Kier alpha value is -1.76. The zero-order chi connectivity index (χ0) is 18.2. The minimum atomic E-state index is -2.57. The van der Waals surface area contributed by atoms with Crippen molar-refractivity contribution in [2.45, 2.75) is 0 Å². The van der Waals surface area contributed by atoms with E-state index in [1.807, 2.05) is 18.2 Å². The molecule has 10 heteroatoms. The molecule has 130 valence electrons. The zero-order valence-corrected chi connectivity index (χ0v) is 17.0. The van der Waals surface area contributed by atoms with Crippen LogP contribution in [-0.2, 0) is 11.6 Å². The Bertz CT molecular complexity index is 986. The van der Waals surface area contributed by atoms with Gasteiger partial charge >= 0.3 is 0 Å². The monoisotopic (exact) mass is 440 g/mol. The van der Waals surface area contributed by atoms with Gasteiger partial charge in [-0.15, -0.1) is 0 Å². The normalized spacial score (nSPS) is 11.6. The van der Waals surface area contributed by atoms with Gasteiger partial charge in [-0.1, -0.05) is 6.07 Å². The van der Waals surface area contributed by atoms with Gasteiger partial charge in [0.2, 0.25) is 5.28 Å². The molecular formula is C15H15BrClN6OP. The summed E-state index contributed by atoms with van der Waals surface area (Å²) in [7, 11) is -0.818. The lowest BCUT2D eigenvalue weighted by Gasteiger charge is -2.16. The highest BCUT2D eigenvalue weighted by atomic mass is 79.9. The number of nitrogens with zero attached hydrogens (tertiary/aromatic N) is 5. The van der Waals surface area contributed by atoms with E-state index >= 15 is 0 Å². The topological polar surface area (TPSA) is 85.6 Å². The molecule has 1 aromatic carbocycles. The highest BCUT2D eigenvalue weighted by molar-refractivity contribution is 9.10. The first-order chi connectivity index (χ1) is 11.7. The van der Waals surface area contributed by atoms with Gasteiger partial charge in [-0.25, -0.2) is 4.98 Å². The number of aryl methyl sites for hydroxylation is 1. The van der Waals surface area contributed by atoms with Crippen molar-refractivity contribution in [1.29, 1.82) is 0 Å². The van der Waals surface area contributed by atoms with Gasteiger partial charge in [-0.05, 0) is 53.0 Å². The van der Waals surface area contributed by atoms with Gasteiger partial charge in [0.05, 0.1) is 16.4 Å². The van der Waals surface area contributed by atoms with Crippen LogP contribution in [0.25, 0.3) is 11.3 Å². The molecule has 25 heavy (non-hydrogen) atoms. The number of rotatable bonds is 4. The fraction of sp³-hybridized carbons (Fsp3) is 0.200. The minimum Gasteiger partial charge on any atom is -0.339 e. The average molecular weight is 442 g/mol. The molecule has 0 saturated heterocycles. The molecule has 0 atom stereocenters. The van der Waals surface area contributed by atoms with Crippen molar-refractivity contribution in [3.8, 4) is 11.3 Å². The van der Waals surface area contributed by atoms with Gasteiger partial charge in [0.15, 0.2) is 0 Å². The third-order valence-electron chi connectivity index (χ3n) is 3.44. The second-order valence-electron chi connectivity index (χ2n) is 5.76. The minimum absolute atomic E-state index is 0.125. The zero-order valence-electron chi connectivity index (χ0n) is 13.7. The van der Waals surface area contributed by atoms with E-state index in [0.717, 1.165) is 11.3 Å². The van der Waals surface area contributed by atoms with Crippen LogP contribution in [0.2, 0.25) is 5.28 Å². The van der Waals surface area contributed by atoms with E-state index in [2.05, 4.69) is 41.4 Å². The summed E-state index contributed by atoms with van der Waals surface area (Å²) in [6.07, 6.45) is 3.23. The molecule has 0 aliphatic rings. The Kier molecular flexibility index (Phi) is 4.95. The van der Waals surface area contributed by atoms with E-state index < -0.39 is 7.14 Å². The summed E-state index contributed by atoms with van der Waals surface area (Å²) in [4.78, 5) is 9.54. The van der Waals surface area contributed by atoms with Gasteiger partial charge in [0.1, 0.15) is 18.7 Å². The van der Waals surface area contributed by atoms with E-state index in [9.17, 15) is 4.57 Å². The first kappa shape index (κ1) is 18.0. The number of hydrogen-bond acceptors (Lipinski definition) is 6. The fourth-order valence-corrected chi connectivity index (χ4v) is 3.87. The van der Waals surface area contributed by atoms with Crippen molar-refractivity contribution in [2.24, 2.45) is 7.05 Å². The Morgan fingerprint density at radius 3 is 2.68 bits per heavy atom. The molecule has 0 saturated carbocycles. The molecule has 0 fully saturated rings.